The molecule has 0 fully saturated rings. The number of amides is 1. The summed E-state index contributed by atoms with van der Waals surface area (Å²) in [7, 11) is 3.12. The summed E-state index contributed by atoms with van der Waals surface area (Å²) in [5.74, 6) is 0.524. The van der Waals surface area contributed by atoms with Gasteiger partial charge < -0.3 is 14.6 Å². The molecule has 154 valence electrons. The Morgan fingerprint density at radius 2 is 1.57 bits per heavy atom. The minimum absolute atomic E-state index is 0.449. The van der Waals surface area contributed by atoms with Crippen LogP contribution in [0.15, 0.2) is 77.9 Å². The van der Waals surface area contributed by atoms with Gasteiger partial charge in [-0.2, -0.15) is 5.10 Å². The number of nitrogens with zero attached hydrogens (tertiary/aromatic N) is 1. The Balaban J connectivity index is 1.88. The summed E-state index contributed by atoms with van der Waals surface area (Å²) in [5.41, 5.74) is 2.18. The number of carbonyl (C=O) groups excluding carboxylic acids is 1. The fraction of sp³-hybridized carbons (Fsp3) is 0.130. The highest BCUT2D eigenvalue weighted by Crippen LogP contribution is 2.33. The molecule has 30 heavy (non-hydrogen) atoms. The first-order chi connectivity index (χ1) is 14.5. The molecule has 0 saturated heterocycles. The standard InChI is InChI=1S/C23H21IN2O4/c1-29-20-14-16(13-19(24)21(20)30-2)15-25-26-22(27)23(28,17-9-5-3-6-10-17)18-11-7-4-8-12-18/h3-15,28H,1-2H3,(H,26,27)/b25-15+. The zero-order valence-corrected chi connectivity index (χ0v) is 18.7. The highest BCUT2D eigenvalue weighted by atomic mass is 127. The molecule has 0 unspecified atom stereocenters. The normalized spacial score (nSPS) is 11.3. The first-order valence-corrected chi connectivity index (χ1v) is 10.2. The smallest absolute Gasteiger partial charge is 0.281 e. The molecule has 0 radical (unpaired) electrons. The van der Waals surface area contributed by atoms with E-state index < -0.39 is 11.5 Å². The van der Waals surface area contributed by atoms with Gasteiger partial charge in [-0.25, -0.2) is 5.43 Å². The molecule has 0 saturated carbocycles. The zero-order valence-electron chi connectivity index (χ0n) is 16.5. The first kappa shape index (κ1) is 21.8. The molecule has 0 aliphatic rings. The van der Waals surface area contributed by atoms with Crippen LogP contribution in [0.1, 0.15) is 16.7 Å². The first-order valence-electron chi connectivity index (χ1n) is 9.09. The fourth-order valence-electron chi connectivity index (χ4n) is 3.05. The van der Waals surface area contributed by atoms with Gasteiger partial charge in [-0.1, -0.05) is 60.7 Å². The molecule has 0 aliphatic carbocycles. The predicted molar refractivity (Wildman–Crippen MR) is 124 cm³/mol. The molecule has 0 atom stereocenters. The molecule has 6 nitrogen and oxygen atoms in total. The van der Waals surface area contributed by atoms with Crippen LogP contribution in [0.25, 0.3) is 0 Å². The van der Waals surface area contributed by atoms with Gasteiger partial charge in [0.2, 0.25) is 0 Å². The van der Waals surface area contributed by atoms with Crippen LogP contribution in [-0.2, 0) is 10.4 Å². The van der Waals surface area contributed by atoms with Crippen molar-refractivity contribution in [3.63, 3.8) is 0 Å². The van der Waals surface area contributed by atoms with E-state index in [1.54, 1.807) is 68.8 Å². The Hall–Kier alpha value is -2.91. The quantitative estimate of drug-likeness (QED) is 0.285. The average Bonchev–Trinajstić information content (AvgIpc) is 2.79. The van der Waals surface area contributed by atoms with Crippen LogP contribution < -0.4 is 14.9 Å². The lowest BCUT2D eigenvalue weighted by atomic mass is 9.85. The van der Waals surface area contributed by atoms with Crippen molar-refractivity contribution in [2.24, 2.45) is 5.10 Å². The monoisotopic (exact) mass is 516 g/mol. The van der Waals surface area contributed by atoms with Gasteiger partial charge in [0.05, 0.1) is 24.0 Å². The molecular weight excluding hydrogens is 495 g/mol. The molecule has 1 amide bonds. The number of hydrogen-bond donors (Lipinski definition) is 2. The van der Waals surface area contributed by atoms with Crippen molar-refractivity contribution in [2.45, 2.75) is 5.60 Å². The number of aliphatic hydroxyl groups is 1. The van der Waals surface area contributed by atoms with Crippen LogP contribution in [-0.4, -0.2) is 31.4 Å². The molecule has 3 aromatic rings. The zero-order chi connectivity index (χ0) is 21.6. The largest absolute Gasteiger partial charge is 0.493 e. The Labute approximate surface area is 188 Å². The maximum absolute atomic E-state index is 13.0. The maximum Gasteiger partial charge on any atom is 0.281 e. The highest BCUT2D eigenvalue weighted by molar-refractivity contribution is 14.1. The molecule has 3 aromatic carbocycles. The number of methoxy groups -OCH3 is 2. The Morgan fingerprint density at radius 3 is 2.07 bits per heavy atom. The minimum Gasteiger partial charge on any atom is -0.493 e. The maximum atomic E-state index is 13.0. The topological polar surface area (TPSA) is 80.2 Å². The van der Waals surface area contributed by atoms with Gasteiger partial charge in [-0.05, 0) is 51.4 Å². The van der Waals surface area contributed by atoms with Crippen molar-refractivity contribution >= 4 is 34.7 Å². The predicted octanol–water partition coefficient (Wildman–Crippen LogP) is 3.69. The van der Waals surface area contributed by atoms with E-state index in [0.29, 0.717) is 28.2 Å². The third-order valence-corrected chi connectivity index (χ3v) is 5.35. The van der Waals surface area contributed by atoms with Gasteiger partial charge in [0, 0.05) is 0 Å². The van der Waals surface area contributed by atoms with Crippen molar-refractivity contribution in [2.75, 3.05) is 14.2 Å². The molecule has 3 rings (SSSR count). The average molecular weight is 516 g/mol. The van der Waals surface area contributed by atoms with Gasteiger partial charge in [0.25, 0.3) is 5.91 Å². The molecule has 0 spiro atoms. The summed E-state index contributed by atoms with van der Waals surface area (Å²) in [6, 6.07) is 21.1. The summed E-state index contributed by atoms with van der Waals surface area (Å²) >= 11 is 2.13. The van der Waals surface area contributed by atoms with E-state index in [-0.39, 0.29) is 0 Å². The molecular formula is C23H21IN2O4. The Bertz CT molecular complexity index is 1000. The second-order valence-electron chi connectivity index (χ2n) is 6.38. The second kappa shape index (κ2) is 9.73. The number of nitrogens with one attached hydrogen (secondary N) is 1. The van der Waals surface area contributed by atoms with Crippen LogP contribution in [0.5, 0.6) is 11.5 Å². The summed E-state index contributed by atoms with van der Waals surface area (Å²) < 4.78 is 11.5. The number of rotatable bonds is 7. The van der Waals surface area contributed by atoms with Crippen LogP contribution in [0.3, 0.4) is 0 Å². The number of hydrogen-bond acceptors (Lipinski definition) is 5. The van der Waals surface area contributed by atoms with Gasteiger partial charge >= 0.3 is 0 Å². The van der Waals surface area contributed by atoms with Gasteiger partial charge in [-0.15, -0.1) is 0 Å². The van der Waals surface area contributed by atoms with Crippen LogP contribution >= 0.6 is 22.6 Å². The van der Waals surface area contributed by atoms with E-state index in [2.05, 4.69) is 33.1 Å². The summed E-state index contributed by atoms with van der Waals surface area (Å²) in [5, 5.41) is 15.4. The number of hydrazone groups is 1. The molecule has 2 N–H and O–H groups in total. The summed E-state index contributed by atoms with van der Waals surface area (Å²) in [6.07, 6.45) is 1.48. The SMILES string of the molecule is COc1cc(/C=N/NC(=O)C(O)(c2ccccc2)c2ccccc2)cc(I)c1OC. The molecule has 0 heterocycles. The van der Waals surface area contributed by atoms with Crippen LogP contribution in [0.4, 0.5) is 0 Å². The van der Waals surface area contributed by atoms with E-state index in [1.165, 1.54) is 6.21 Å². The van der Waals surface area contributed by atoms with Crippen molar-refractivity contribution in [3.8, 4) is 11.5 Å². The van der Waals surface area contributed by atoms with E-state index in [9.17, 15) is 9.90 Å². The summed E-state index contributed by atoms with van der Waals surface area (Å²) in [4.78, 5) is 13.0. The van der Waals surface area contributed by atoms with Gasteiger partial charge in [0.15, 0.2) is 17.1 Å². The molecule has 0 bridgehead atoms. The third-order valence-electron chi connectivity index (χ3n) is 4.55. The summed E-state index contributed by atoms with van der Waals surface area (Å²) in [6.45, 7) is 0. The van der Waals surface area contributed by atoms with Gasteiger partial charge in [0.1, 0.15) is 0 Å². The highest BCUT2D eigenvalue weighted by Gasteiger charge is 2.39. The van der Waals surface area contributed by atoms with Crippen molar-refractivity contribution in [1.82, 2.24) is 5.43 Å². The minimum atomic E-state index is -1.88. The Morgan fingerprint density at radius 1 is 1.00 bits per heavy atom. The van der Waals surface area contributed by atoms with E-state index in [1.807, 2.05) is 18.2 Å². The van der Waals surface area contributed by atoms with Crippen molar-refractivity contribution in [1.29, 1.82) is 0 Å². The van der Waals surface area contributed by atoms with E-state index in [0.717, 1.165) is 3.57 Å². The lowest BCUT2D eigenvalue weighted by Crippen LogP contribution is -2.43. The molecule has 0 aromatic heterocycles. The van der Waals surface area contributed by atoms with E-state index in [4.69, 9.17) is 9.47 Å². The number of halogens is 1. The fourth-order valence-corrected chi connectivity index (χ4v) is 3.89. The van der Waals surface area contributed by atoms with Crippen molar-refractivity contribution < 1.29 is 19.4 Å². The number of carbonyl (C=O) groups is 1. The van der Waals surface area contributed by atoms with E-state index >= 15 is 0 Å². The molecule has 7 heteroatoms. The van der Waals surface area contributed by atoms with Crippen LogP contribution in [0, 0.1) is 3.57 Å². The Kier molecular flexibility index (Phi) is 7.07. The number of benzene rings is 3. The van der Waals surface area contributed by atoms with Crippen molar-refractivity contribution in [3.05, 3.63) is 93.1 Å². The lowest BCUT2D eigenvalue weighted by molar-refractivity contribution is -0.136. The lowest BCUT2D eigenvalue weighted by Gasteiger charge is -2.27. The third kappa shape index (κ3) is 4.47. The van der Waals surface area contributed by atoms with Crippen LogP contribution in [0.2, 0.25) is 0 Å². The number of ether oxygens (including phenoxy) is 2. The second-order valence-corrected chi connectivity index (χ2v) is 7.54. The van der Waals surface area contributed by atoms with Gasteiger partial charge in [-0.3, -0.25) is 4.79 Å². The molecule has 0 aliphatic heterocycles.